The summed E-state index contributed by atoms with van der Waals surface area (Å²) < 4.78 is 5.31. The molecule has 1 amide bonds. The predicted molar refractivity (Wildman–Crippen MR) is 76.8 cm³/mol. The third kappa shape index (κ3) is 3.63. The van der Waals surface area contributed by atoms with Crippen molar-refractivity contribution in [2.75, 3.05) is 7.11 Å². The van der Waals surface area contributed by atoms with Crippen LogP contribution in [-0.2, 0) is 11.2 Å². The highest BCUT2D eigenvalue weighted by atomic mass is 35.5. The molecule has 0 spiro atoms. The summed E-state index contributed by atoms with van der Waals surface area (Å²) in [4.78, 5) is 12.0. The maximum absolute atomic E-state index is 12.0. The Morgan fingerprint density at radius 1 is 1.42 bits per heavy atom. The Balaban J connectivity index is 2.04. The number of hydrogen-bond donors (Lipinski definition) is 1. The highest BCUT2D eigenvalue weighted by Crippen LogP contribution is 2.27. The molecule has 0 heterocycles. The topological polar surface area (TPSA) is 38.3 Å². The number of carbonyl (C=O) groups excluding carboxylic acids is 1. The lowest BCUT2D eigenvalue weighted by Crippen LogP contribution is -2.33. The molecule has 1 saturated carbocycles. The predicted octanol–water partition coefficient (Wildman–Crippen LogP) is 3.26. The van der Waals surface area contributed by atoms with Gasteiger partial charge in [0.05, 0.1) is 13.5 Å². The quantitative estimate of drug-likeness (QED) is 0.920. The lowest BCUT2D eigenvalue weighted by Gasteiger charge is -2.14. The molecule has 4 heteroatoms. The lowest BCUT2D eigenvalue weighted by molar-refractivity contribution is -0.121. The van der Waals surface area contributed by atoms with E-state index in [1.165, 1.54) is 12.8 Å². The fourth-order valence-corrected chi connectivity index (χ4v) is 2.73. The van der Waals surface area contributed by atoms with Crippen LogP contribution in [0, 0.1) is 6.92 Å². The largest absolute Gasteiger partial charge is 0.496 e. The number of carbonyl (C=O) groups is 1. The number of halogens is 1. The van der Waals surface area contributed by atoms with Gasteiger partial charge in [-0.05, 0) is 37.5 Å². The van der Waals surface area contributed by atoms with Crippen molar-refractivity contribution in [2.45, 2.75) is 45.1 Å². The van der Waals surface area contributed by atoms with Crippen LogP contribution in [0.4, 0.5) is 0 Å². The Labute approximate surface area is 119 Å². The molecule has 104 valence electrons. The zero-order valence-corrected chi connectivity index (χ0v) is 12.2. The van der Waals surface area contributed by atoms with Crippen LogP contribution in [0.5, 0.6) is 5.75 Å². The Morgan fingerprint density at radius 3 is 2.74 bits per heavy atom. The van der Waals surface area contributed by atoms with E-state index in [0.29, 0.717) is 17.5 Å². The Bertz CT molecular complexity index is 467. The fraction of sp³-hybridized carbons (Fsp3) is 0.533. The smallest absolute Gasteiger partial charge is 0.224 e. The number of aryl methyl sites for hydroxylation is 1. The Hall–Kier alpha value is -1.22. The van der Waals surface area contributed by atoms with Gasteiger partial charge in [0.25, 0.3) is 0 Å². The number of ether oxygens (including phenoxy) is 1. The van der Waals surface area contributed by atoms with Gasteiger partial charge in [0, 0.05) is 16.6 Å². The first-order chi connectivity index (χ1) is 9.10. The van der Waals surface area contributed by atoms with Crippen molar-refractivity contribution in [2.24, 2.45) is 0 Å². The molecule has 3 nitrogen and oxygen atoms in total. The van der Waals surface area contributed by atoms with E-state index in [9.17, 15) is 4.79 Å². The fourth-order valence-electron chi connectivity index (χ4n) is 2.55. The second-order valence-corrected chi connectivity index (χ2v) is 5.55. The molecule has 0 aromatic heterocycles. The first-order valence-electron chi connectivity index (χ1n) is 6.72. The SMILES string of the molecule is COc1cc(C)c(Cl)cc1CC(=O)NC1CCCC1. The molecule has 0 radical (unpaired) electrons. The second-order valence-electron chi connectivity index (χ2n) is 5.14. The van der Waals surface area contributed by atoms with Crippen LogP contribution >= 0.6 is 11.6 Å². The molecular formula is C15H20ClNO2. The minimum atomic E-state index is 0.0464. The van der Waals surface area contributed by atoms with Crippen molar-refractivity contribution < 1.29 is 9.53 Å². The number of methoxy groups -OCH3 is 1. The van der Waals surface area contributed by atoms with Crippen LogP contribution in [0.2, 0.25) is 5.02 Å². The van der Waals surface area contributed by atoms with Gasteiger partial charge in [-0.15, -0.1) is 0 Å². The molecule has 0 atom stereocenters. The molecule has 0 unspecified atom stereocenters. The van der Waals surface area contributed by atoms with Crippen molar-refractivity contribution in [3.05, 3.63) is 28.3 Å². The molecule has 0 saturated heterocycles. The third-order valence-corrected chi connectivity index (χ3v) is 4.04. The molecule has 1 aliphatic rings. The van der Waals surface area contributed by atoms with Crippen molar-refractivity contribution in [3.63, 3.8) is 0 Å². The van der Waals surface area contributed by atoms with E-state index in [1.807, 2.05) is 19.1 Å². The lowest BCUT2D eigenvalue weighted by atomic mass is 10.1. The van der Waals surface area contributed by atoms with Crippen molar-refractivity contribution in [3.8, 4) is 5.75 Å². The van der Waals surface area contributed by atoms with Gasteiger partial charge < -0.3 is 10.1 Å². The highest BCUT2D eigenvalue weighted by molar-refractivity contribution is 6.31. The molecule has 1 fully saturated rings. The van der Waals surface area contributed by atoms with E-state index in [4.69, 9.17) is 16.3 Å². The normalized spacial score (nSPS) is 15.5. The summed E-state index contributed by atoms with van der Waals surface area (Å²) in [5.74, 6) is 0.772. The summed E-state index contributed by atoms with van der Waals surface area (Å²) in [7, 11) is 1.61. The van der Waals surface area contributed by atoms with Crippen LogP contribution < -0.4 is 10.1 Å². The van der Waals surface area contributed by atoms with E-state index in [-0.39, 0.29) is 5.91 Å². The molecule has 1 aliphatic carbocycles. The highest BCUT2D eigenvalue weighted by Gasteiger charge is 2.18. The summed E-state index contributed by atoms with van der Waals surface area (Å²) in [6, 6.07) is 4.05. The van der Waals surface area contributed by atoms with Crippen LogP contribution in [0.3, 0.4) is 0 Å². The maximum Gasteiger partial charge on any atom is 0.224 e. The average molecular weight is 282 g/mol. The van der Waals surface area contributed by atoms with Crippen molar-refractivity contribution in [1.82, 2.24) is 5.32 Å². The summed E-state index contributed by atoms with van der Waals surface area (Å²) in [6.45, 7) is 1.92. The molecule has 0 bridgehead atoms. The monoisotopic (exact) mass is 281 g/mol. The first kappa shape index (κ1) is 14.2. The summed E-state index contributed by atoms with van der Waals surface area (Å²) in [5, 5.41) is 3.75. The zero-order valence-electron chi connectivity index (χ0n) is 11.5. The van der Waals surface area contributed by atoms with E-state index >= 15 is 0 Å². The van der Waals surface area contributed by atoms with E-state index in [2.05, 4.69) is 5.32 Å². The minimum absolute atomic E-state index is 0.0464. The van der Waals surface area contributed by atoms with Gasteiger partial charge in [-0.3, -0.25) is 4.79 Å². The van der Waals surface area contributed by atoms with Crippen molar-refractivity contribution >= 4 is 17.5 Å². The number of rotatable bonds is 4. The van der Waals surface area contributed by atoms with Gasteiger partial charge >= 0.3 is 0 Å². The van der Waals surface area contributed by atoms with Crippen LogP contribution in [0.1, 0.15) is 36.8 Å². The number of amides is 1. The van der Waals surface area contributed by atoms with Gasteiger partial charge in [0.15, 0.2) is 0 Å². The maximum atomic E-state index is 12.0. The van der Waals surface area contributed by atoms with Gasteiger partial charge in [-0.1, -0.05) is 24.4 Å². The standard InChI is InChI=1S/C15H20ClNO2/c1-10-7-14(19-2)11(8-13(10)16)9-15(18)17-12-5-3-4-6-12/h7-8,12H,3-6,9H2,1-2H3,(H,17,18). The number of nitrogens with one attached hydrogen (secondary N) is 1. The average Bonchev–Trinajstić information content (AvgIpc) is 2.86. The Morgan fingerprint density at radius 2 is 2.11 bits per heavy atom. The third-order valence-electron chi connectivity index (χ3n) is 3.63. The number of hydrogen-bond acceptors (Lipinski definition) is 2. The molecule has 0 aliphatic heterocycles. The molecule has 1 N–H and O–H groups in total. The molecule has 1 aromatic carbocycles. The van der Waals surface area contributed by atoms with Crippen LogP contribution in [0.15, 0.2) is 12.1 Å². The Kier molecular flexibility index (Phi) is 4.70. The van der Waals surface area contributed by atoms with E-state index < -0.39 is 0 Å². The number of benzene rings is 1. The molecule has 19 heavy (non-hydrogen) atoms. The van der Waals surface area contributed by atoms with Gasteiger partial charge in [0.2, 0.25) is 5.91 Å². The second kappa shape index (κ2) is 6.29. The van der Waals surface area contributed by atoms with Gasteiger partial charge in [0.1, 0.15) is 5.75 Å². The van der Waals surface area contributed by atoms with E-state index in [1.54, 1.807) is 7.11 Å². The van der Waals surface area contributed by atoms with Crippen molar-refractivity contribution in [1.29, 1.82) is 0 Å². The van der Waals surface area contributed by atoms with Crippen LogP contribution in [0.25, 0.3) is 0 Å². The van der Waals surface area contributed by atoms with Gasteiger partial charge in [-0.25, -0.2) is 0 Å². The molecule has 1 aromatic rings. The van der Waals surface area contributed by atoms with Gasteiger partial charge in [-0.2, -0.15) is 0 Å². The first-order valence-corrected chi connectivity index (χ1v) is 7.10. The molecular weight excluding hydrogens is 262 g/mol. The molecule has 2 rings (SSSR count). The van der Waals surface area contributed by atoms with Crippen LogP contribution in [-0.4, -0.2) is 19.1 Å². The summed E-state index contributed by atoms with van der Waals surface area (Å²) >= 11 is 6.11. The zero-order chi connectivity index (χ0) is 13.8. The summed E-state index contributed by atoms with van der Waals surface area (Å²) in [5.41, 5.74) is 1.80. The van der Waals surface area contributed by atoms with E-state index in [0.717, 1.165) is 29.7 Å². The minimum Gasteiger partial charge on any atom is -0.496 e. The summed E-state index contributed by atoms with van der Waals surface area (Å²) in [6.07, 6.45) is 4.93.